The van der Waals surface area contributed by atoms with E-state index in [0.29, 0.717) is 6.61 Å². The standard InChI is InChI=1S/C13H20O3/c1-5-16-10(3)13(14)12-7-6-11(15-4)8-9(12)2/h6-8,10,13-14H,5H2,1-4H3. The molecule has 0 aromatic heterocycles. The van der Waals surface area contributed by atoms with Gasteiger partial charge in [-0.05, 0) is 44.0 Å². The Morgan fingerprint density at radius 1 is 1.38 bits per heavy atom. The highest BCUT2D eigenvalue weighted by Crippen LogP contribution is 2.25. The van der Waals surface area contributed by atoms with E-state index in [0.717, 1.165) is 16.9 Å². The fraction of sp³-hybridized carbons (Fsp3) is 0.538. The Bertz CT molecular complexity index is 336. The summed E-state index contributed by atoms with van der Waals surface area (Å²) in [6, 6.07) is 5.65. The molecule has 2 atom stereocenters. The van der Waals surface area contributed by atoms with Gasteiger partial charge in [0.15, 0.2) is 0 Å². The second-order valence-corrected chi connectivity index (χ2v) is 3.83. The van der Waals surface area contributed by atoms with E-state index < -0.39 is 6.10 Å². The van der Waals surface area contributed by atoms with Crippen LogP contribution in [-0.4, -0.2) is 24.9 Å². The van der Waals surface area contributed by atoms with Gasteiger partial charge in [0.05, 0.1) is 13.2 Å². The maximum atomic E-state index is 10.1. The Morgan fingerprint density at radius 3 is 2.56 bits per heavy atom. The van der Waals surface area contributed by atoms with Crippen LogP contribution in [0.25, 0.3) is 0 Å². The van der Waals surface area contributed by atoms with Crippen molar-refractivity contribution in [3.63, 3.8) is 0 Å². The van der Waals surface area contributed by atoms with Crippen LogP contribution in [0, 0.1) is 6.92 Å². The third kappa shape index (κ3) is 2.97. The maximum Gasteiger partial charge on any atom is 0.119 e. The topological polar surface area (TPSA) is 38.7 Å². The van der Waals surface area contributed by atoms with Gasteiger partial charge in [0.25, 0.3) is 0 Å². The van der Waals surface area contributed by atoms with Crippen LogP contribution in [0.3, 0.4) is 0 Å². The number of benzene rings is 1. The molecule has 1 N–H and O–H groups in total. The molecule has 1 aromatic carbocycles. The van der Waals surface area contributed by atoms with E-state index >= 15 is 0 Å². The molecule has 0 aliphatic rings. The summed E-state index contributed by atoms with van der Waals surface area (Å²) in [5.74, 6) is 0.803. The molecule has 0 amide bonds. The number of ether oxygens (including phenoxy) is 2. The molecule has 0 aliphatic carbocycles. The summed E-state index contributed by atoms with van der Waals surface area (Å²) in [4.78, 5) is 0. The van der Waals surface area contributed by atoms with E-state index in [9.17, 15) is 5.11 Å². The Balaban J connectivity index is 2.87. The van der Waals surface area contributed by atoms with Crippen LogP contribution in [0.5, 0.6) is 5.75 Å². The van der Waals surface area contributed by atoms with E-state index in [1.54, 1.807) is 7.11 Å². The van der Waals surface area contributed by atoms with Crippen molar-refractivity contribution in [2.75, 3.05) is 13.7 Å². The lowest BCUT2D eigenvalue weighted by Crippen LogP contribution is -2.19. The van der Waals surface area contributed by atoms with Crippen molar-refractivity contribution >= 4 is 0 Å². The van der Waals surface area contributed by atoms with Crippen molar-refractivity contribution in [1.29, 1.82) is 0 Å². The average Bonchev–Trinajstić information content (AvgIpc) is 2.28. The highest BCUT2D eigenvalue weighted by Gasteiger charge is 2.18. The summed E-state index contributed by atoms with van der Waals surface area (Å²) in [5, 5.41) is 10.1. The lowest BCUT2D eigenvalue weighted by Gasteiger charge is -2.21. The van der Waals surface area contributed by atoms with E-state index in [1.807, 2.05) is 39.0 Å². The van der Waals surface area contributed by atoms with Crippen LogP contribution in [0.4, 0.5) is 0 Å². The zero-order valence-electron chi connectivity index (χ0n) is 10.4. The van der Waals surface area contributed by atoms with Gasteiger partial charge in [-0.15, -0.1) is 0 Å². The molecule has 90 valence electrons. The molecule has 0 fully saturated rings. The van der Waals surface area contributed by atoms with Gasteiger partial charge in [0.2, 0.25) is 0 Å². The van der Waals surface area contributed by atoms with E-state index in [4.69, 9.17) is 9.47 Å². The maximum absolute atomic E-state index is 10.1. The second-order valence-electron chi connectivity index (χ2n) is 3.83. The Morgan fingerprint density at radius 2 is 2.06 bits per heavy atom. The Labute approximate surface area is 97.0 Å². The highest BCUT2D eigenvalue weighted by molar-refractivity contribution is 5.36. The number of aliphatic hydroxyl groups is 1. The number of aryl methyl sites for hydroxylation is 1. The smallest absolute Gasteiger partial charge is 0.119 e. The van der Waals surface area contributed by atoms with Gasteiger partial charge in [0.1, 0.15) is 11.9 Å². The lowest BCUT2D eigenvalue weighted by atomic mass is 10.00. The molecule has 2 unspecified atom stereocenters. The zero-order chi connectivity index (χ0) is 12.1. The van der Waals surface area contributed by atoms with E-state index in [2.05, 4.69) is 0 Å². The Kier molecular flexibility index (Phi) is 4.77. The summed E-state index contributed by atoms with van der Waals surface area (Å²) >= 11 is 0. The van der Waals surface area contributed by atoms with E-state index in [-0.39, 0.29) is 6.10 Å². The van der Waals surface area contributed by atoms with Crippen molar-refractivity contribution in [2.45, 2.75) is 33.0 Å². The molecule has 0 aliphatic heterocycles. The zero-order valence-corrected chi connectivity index (χ0v) is 10.4. The molecule has 3 nitrogen and oxygen atoms in total. The molecule has 3 heteroatoms. The minimum atomic E-state index is -0.592. The second kappa shape index (κ2) is 5.87. The van der Waals surface area contributed by atoms with Crippen LogP contribution in [0.15, 0.2) is 18.2 Å². The monoisotopic (exact) mass is 224 g/mol. The summed E-state index contributed by atoms with van der Waals surface area (Å²) in [7, 11) is 1.63. The van der Waals surface area contributed by atoms with Crippen LogP contribution >= 0.6 is 0 Å². The third-order valence-electron chi connectivity index (χ3n) is 2.67. The van der Waals surface area contributed by atoms with E-state index in [1.165, 1.54) is 0 Å². The van der Waals surface area contributed by atoms with Gasteiger partial charge >= 0.3 is 0 Å². The number of rotatable bonds is 5. The first-order chi connectivity index (χ1) is 7.60. The molecule has 0 bridgehead atoms. The molecular weight excluding hydrogens is 204 g/mol. The predicted molar refractivity (Wildman–Crippen MR) is 63.8 cm³/mol. The molecule has 0 spiro atoms. The summed E-state index contributed by atoms with van der Waals surface area (Å²) < 4.78 is 10.5. The third-order valence-corrected chi connectivity index (χ3v) is 2.67. The number of hydrogen-bond donors (Lipinski definition) is 1. The van der Waals surface area contributed by atoms with Gasteiger partial charge in [-0.25, -0.2) is 0 Å². The lowest BCUT2D eigenvalue weighted by molar-refractivity contribution is -0.0230. The Hall–Kier alpha value is -1.06. The molecule has 0 saturated heterocycles. The summed E-state index contributed by atoms with van der Waals surface area (Å²) in [6.07, 6.45) is -0.789. The van der Waals surface area contributed by atoms with Crippen molar-refractivity contribution in [2.24, 2.45) is 0 Å². The van der Waals surface area contributed by atoms with Crippen molar-refractivity contribution in [1.82, 2.24) is 0 Å². The molecule has 0 saturated carbocycles. The number of hydrogen-bond acceptors (Lipinski definition) is 3. The molecule has 1 aromatic rings. The van der Waals surface area contributed by atoms with Crippen LogP contribution in [0.1, 0.15) is 31.1 Å². The van der Waals surface area contributed by atoms with Gasteiger partial charge in [-0.1, -0.05) is 6.07 Å². The number of aliphatic hydroxyl groups excluding tert-OH is 1. The minimum Gasteiger partial charge on any atom is -0.497 e. The number of methoxy groups -OCH3 is 1. The normalized spacial score (nSPS) is 14.6. The summed E-state index contributed by atoms with van der Waals surface area (Å²) in [5.41, 5.74) is 1.90. The molecule has 16 heavy (non-hydrogen) atoms. The van der Waals surface area contributed by atoms with Gasteiger partial charge < -0.3 is 14.6 Å². The van der Waals surface area contributed by atoms with Crippen LogP contribution < -0.4 is 4.74 Å². The van der Waals surface area contributed by atoms with Crippen molar-refractivity contribution in [3.8, 4) is 5.75 Å². The van der Waals surface area contributed by atoms with Gasteiger partial charge in [-0.3, -0.25) is 0 Å². The highest BCUT2D eigenvalue weighted by atomic mass is 16.5. The molecule has 0 radical (unpaired) electrons. The summed E-state index contributed by atoms with van der Waals surface area (Å²) in [6.45, 7) is 6.36. The molecule has 1 rings (SSSR count). The average molecular weight is 224 g/mol. The van der Waals surface area contributed by atoms with Gasteiger partial charge in [0, 0.05) is 6.61 Å². The van der Waals surface area contributed by atoms with Crippen molar-refractivity contribution < 1.29 is 14.6 Å². The fourth-order valence-electron chi connectivity index (χ4n) is 1.71. The minimum absolute atomic E-state index is 0.197. The first-order valence-electron chi connectivity index (χ1n) is 5.54. The quantitative estimate of drug-likeness (QED) is 0.835. The van der Waals surface area contributed by atoms with Crippen LogP contribution in [-0.2, 0) is 4.74 Å². The fourth-order valence-corrected chi connectivity index (χ4v) is 1.71. The van der Waals surface area contributed by atoms with Gasteiger partial charge in [-0.2, -0.15) is 0 Å². The molecular formula is C13H20O3. The first-order valence-corrected chi connectivity index (χ1v) is 5.54. The first kappa shape index (κ1) is 13.0. The molecule has 0 heterocycles. The largest absolute Gasteiger partial charge is 0.497 e. The van der Waals surface area contributed by atoms with Crippen LogP contribution in [0.2, 0.25) is 0 Å². The SMILES string of the molecule is CCOC(C)C(O)c1ccc(OC)cc1C. The van der Waals surface area contributed by atoms with Crippen molar-refractivity contribution in [3.05, 3.63) is 29.3 Å². The predicted octanol–water partition coefficient (Wildman–Crippen LogP) is 2.46.